The lowest BCUT2D eigenvalue weighted by atomic mass is 10.2. The largest absolute Gasteiger partial charge is 0.395 e. The molecule has 1 aliphatic carbocycles. The van der Waals surface area contributed by atoms with Gasteiger partial charge in [0.25, 0.3) is 0 Å². The highest BCUT2D eigenvalue weighted by molar-refractivity contribution is 6.30. The molecule has 0 bridgehead atoms. The Morgan fingerprint density at radius 1 is 1.27 bits per heavy atom. The highest BCUT2D eigenvalue weighted by Crippen LogP contribution is 2.28. The van der Waals surface area contributed by atoms with Gasteiger partial charge in [0, 0.05) is 24.2 Å². The van der Waals surface area contributed by atoms with Crippen molar-refractivity contribution >= 4 is 11.6 Å². The van der Waals surface area contributed by atoms with E-state index in [4.69, 9.17) is 16.7 Å². The average Bonchev–Trinajstić information content (AvgIpc) is 3.04. The Bertz CT molecular complexity index is 308. The van der Waals surface area contributed by atoms with E-state index in [0.29, 0.717) is 6.04 Å². The van der Waals surface area contributed by atoms with Crippen LogP contribution in [0.3, 0.4) is 0 Å². The Balaban J connectivity index is 1.95. The molecule has 1 aromatic rings. The van der Waals surface area contributed by atoms with Crippen LogP contribution in [0.2, 0.25) is 5.02 Å². The molecule has 1 saturated carbocycles. The van der Waals surface area contributed by atoms with Gasteiger partial charge in [-0.2, -0.15) is 0 Å². The molecule has 2 rings (SSSR count). The number of benzene rings is 1. The van der Waals surface area contributed by atoms with Crippen LogP contribution < -0.4 is 0 Å². The number of halogens is 1. The van der Waals surface area contributed by atoms with Crippen molar-refractivity contribution in [2.45, 2.75) is 25.4 Å². The van der Waals surface area contributed by atoms with Crippen molar-refractivity contribution in [1.82, 2.24) is 4.90 Å². The molecular weight excluding hydrogens is 210 g/mol. The molecule has 0 spiro atoms. The molecule has 0 aliphatic heterocycles. The summed E-state index contributed by atoms with van der Waals surface area (Å²) in [5, 5.41) is 9.75. The first-order valence-electron chi connectivity index (χ1n) is 5.39. The van der Waals surface area contributed by atoms with Crippen LogP contribution in [-0.4, -0.2) is 29.2 Å². The van der Waals surface area contributed by atoms with E-state index >= 15 is 0 Å². The van der Waals surface area contributed by atoms with E-state index in [1.165, 1.54) is 18.4 Å². The molecule has 3 heteroatoms. The zero-order valence-electron chi connectivity index (χ0n) is 8.69. The lowest BCUT2D eigenvalue weighted by Crippen LogP contribution is -2.28. The van der Waals surface area contributed by atoms with Gasteiger partial charge in [-0.3, -0.25) is 4.90 Å². The predicted octanol–water partition coefficient (Wildman–Crippen LogP) is 2.30. The highest BCUT2D eigenvalue weighted by atomic mass is 35.5. The van der Waals surface area contributed by atoms with Crippen molar-refractivity contribution in [2.24, 2.45) is 0 Å². The van der Waals surface area contributed by atoms with E-state index in [2.05, 4.69) is 17.0 Å². The molecule has 0 unspecified atom stereocenters. The summed E-state index contributed by atoms with van der Waals surface area (Å²) in [6.07, 6.45) is 2.54. The van der Waals surface area contributed by atoms with Crippen molar-refractivity contribution in [2.75, 3.05) is 13.2 Å². The smallest absolute Gasteiger partial charge is 0.0558 e. The van der Waals surface area contributed by atoms with Gasteiger partial charge in [0.2, 0.25) is 0 Å². The van der Waals surface area contributed by atoms with Gasteiger partial charge in [0.05, 0.1) is 6.61 Å². The van der Waals surface area contributed by atoms with Gasteiger partial charge in [0.15, 0.2) is 0 Å². The first-order valence-corrected chi connectivity index (χ1v) is 5.77. The second-order valence-electron chi connectivity index (χ2n) is 4.05. The molecule has 0 atom stereocenters. The fourth-order valence-electron chi connectivity index (χ4n) is 1.78. The fraction of sp³-hybridized carbons (Fsp3) is 0.500. The quantitative estimate of drug-likeness (QED) is 0.831. The summed E-state index contributed by atoms with van der Waals surface area (Å²) in [5.74, 6) is 0. The first kappa shape index (κ1) is 10.9. The molecule has 1 aliphatic rings. The Kier molecular flexibility index (Phi) is 3.62. The molecule has 15 heavy (non-hydrogen) atoms. The van der Waals surface area contributed by atoms with E-state index in [0.717, 1.165) is 18.1 Å². The monoisotopic (exact) mass is 225 g/mol. The number of nitrogens with zero attached hydrogens (tertiary/aromatic N) is 1. The molecule has 0 heterocycles. The third-order valence-electron chi connectivity index (χ3n) is 2.75. The normalized spacial score (nSPS) is 15.9. The fourth-order valence-corrected chi connectivity index (χ4v) is 1.91. The summed E-state index contributed by atoms with van der Waals surface area (Å²) in [6, 6.07) is 8.62. The SMILES string of the molecule is OCCN(Cc1ccc(Cl)cc1)C1CC1. The Morgan fingerprint density at radius 3 is 2.47 bits per heavy atom. The van der Waals surface area contributed by atoms with Gasteiger partial charge < -0.3 is 5.11 Å². The third kappa shape index (κ3) is 3.20. The first-order chi connectivity index (χ1) is 7.29. The number of rotatable bonds is 5. The van der Waals surface area contributed by atoms with E-state index in [-0.39, 0.29) is 6.61 Å². The van der Waals surface area contributed by atoms with E-state index in [1.54, 1.807) is 0 Å². The molecule has 1 fully saturated rings. The minimum absolute atomic E-state index is 0.240. The molecule has 0 amide bonds. The summed E-state index contributed by atoms with van der Waals surface area (Å²) >= 11 is 5.83. The van der Waals surface area contributed by atoms with Crippen molar-refractivity contribution in [3.63, 3.8) is 0 Å². The van der Waals surface area contributed by atoms with Crippen LogP contribution in [0.4, 0.5) is 0 Å². The van der Waals surface area contributed by atoms with E-state index in [9.17, 15) is 0 Å². The maximum absolute atomic E-state index is 8.97. The summed E-state index contributed by atoms with van der Waals surface area (Å²) in [7, 11) is 0. The molecular formula is C12H16ClNO. The number of hydrogen-bond donors (Lipinski definition) is 1. The zero-order chi connectivity index (χ0) is 10.7. The van der Waals surface area contributed by atoms with Crippen LogP contribution in [0, 0.1) is 0 Å². The van der Waals surface area contributed by atoms with Crippen molar-refractivity contribution in [3.05, 3.63) is 34.9 Å². The van der Waals surface area contributed by atoms with Crippen LogP contribution in [0.15, 0.2) is 24.3 Å². The van der Waals surface area contributed by atoms with Gasteiger partial charge in [-0.1, -0.05) is 23.7 Å². The van der Waals surface area contributed by atoms with Gasteiger partial charge in [-0.15, -0.1) is 0 Å². The van der Waals surface area contributed by atoms with Crippen LogP contribution in [0.1, 0.15) is 18.4 Å². The summed E-state index contributed by atoms with van der Waals surface area (Å²) < 4.78 is 0. The molecule has 1 aromatic carbocycles. The van der Waals surface area contributed by atoms with Gasteiger partial charge in [0.1, 0.15) is 0 Å². The predicted molar refractivity (Wildman–Crippen MR) is 62.0 cm³/mol. The lowest BCUT2D eigenvalue weighted by molar-refractivity contribution is 0.183. The highest BCUT2D eigenvalue weighted by Gasteiger charge is 2.28. The standard InChI is InChI=1S/C12H16ClNO/c13-11-3-1-10(2-4-11)9-14(7-8-15)12-5-6-12/h1-4,12,15H,5-9H2. The second-order valence-corrected chi connectivity index (χ2v) is 4.49. The van der Waals surface area contributed by atoms with Crippen molar-refractivity contribution < 1.29 is 5.11 Å². The third-order valence-corrected chi connectivity index (χ3v) is 3.00. The second kappa shape index (κ2) is 4.97. The van der Waals surface area contributed by atoms with Gasteiger partial charge in [-0.05, 0) is 30.5 Å². The minimum atomic E-state index is 0.240. The van der Waals surface area contributed by atoms with Crippen LogP contribution >= 0.6 is 11.6 Å². The Morgan fingerprint density at radius 2 is 1.93 bits per heavy atom. The lowest BCUT2D eigenvalue weighted by Gasteiger charge is -2.20. The number of hydrogen-bond acceptors (Lipinski definition) is 2. The molecule has 0 aromatic heterocycles. The molecule has 82 valence electrons. The molecule has 0 radical (unpaired) electrons. The van der Waals surface area contributed by atoms with Crippen molar-refractivity contribution in [1.29, 1.82) is 0 Å². The van der Waals surface area contributed by atoms with Crippen molar-refractivity contribution in [3.8, 4) is 0 Å². The summed E-state index contributed by atoms with van der Waals surface area (Å²) in [5.41, 5.74) is 1.26. The van der Waals surface area contributed by atoms with Crippen LogP contribution in [-0.2, 0) is 6.54 Å². The topological polar surface area (TPSA) is 23.5 Å². The summed E-state index contributed by atoms with van der Waals surface area (Å²) in [4.78, 5) is 2.34. The minimum Gasteiger partial charge on any atom is -0.395 e. The Labute approximate surface area is 95.5 Å². The Hall–Kier alpha value is -0.570. The van der Waals surface area contributed by atoms with Gasteiger partial charge in [-0.25, -0.2) is 0 Å². The number of aliphatic hydroxyl groups is 1. The van der Waals surface area contributed by atoms with E-state index in [1.807, 2.05) is 12.1 Å². The number of aliphatic hydroxyl groups excluding tert-OH is 1. The molecule has 2 nitrogen and oxygen atoms in total. The van der Waals surface area contributed by atoms with E-state index < -0.39 is 0 Å². The summed E-state index contributed by atoms with van der Waals surface area (Å²) in [6.45, 7) is 1.93. The maximum atomic E-state index is 8.97. The molecule has 0 saturated heterocycles. The van der Waals surface area contributed by atoms with Crippen LogP contribution in [0.5, 0.6) is 0 Å². The maximum Gasteiger partial charge on any atom is 0.0558 e. The average molecular weight is 226 g/mol. The molecule has 1 N–H and O–H groups in total. The van der Waals surface area contributed by atoms with Crippen LogP contribution in [0.25, 0.3) is 0 Å². The van der Waals surface area contributed by atoms with Gasteiger partial charge >= 0.3 is 0 Å². The zero-order valence-corrected chi connectivity index (χ0v) is 9.45.